The summed E-state index contributed by atoms with van der Waals surface area (Å²) in [5.74, 6) is 1.50. The van der Waals surface area contributed by atoms with Crippen molar-refractivity contribution in [3.8, 4) is 0 Å². The largest absolute Gasteiger partial charge is 0.465 e. The fourth-order valence-corrected chi connectivity index (χ4v) is 8.09. The van der Waals surface area contributed by atoms with Gasteiger partial charge in [0, 0.05) is 6.42 Å². The van der Waals surface area contributed by atoms with Gasteiger partial charge in [0.15, 0.2) is 0 Å². The highest BCUT2D eigenvalue weighted by atomic mass is 16.5. The maximum Gasteiger partial charge on any atom is 0.305 e. The number of esters is 1. The van der Waals surface area contributed by atoms with Gasteiger partial charge in [-0.25, -0.2) is 0 Å². The molecule has 0 aliphatic carbocycles. The van der Waals surface area contributed by atoms with Crippen molar-refractivity contribution in [3.63, 3.8) is 0 Å². The molecule has 1 atom stereocenters. The Kier molecular flexibility index (Phi) is 44.4. The number of carbonyl (C=O) groups excluding carboxylic acids is 1. The molecular weight excluding hydrogens is 633 g/mol. The van der Waals surface area contributed by atoms with Gasteiger partial charge in [-0.15, -0.1) is 0 Å². The van der Waals surface area contributed by atoms with Gasteiger partial charge in [0.25, 0.3) is 0 Å². The molecule has 2 nitrogen and oxygen atoms in total. The van der Waals surface area contributed by atoms with Gasteiger partial charge in [0.1, 0.15) is 0 Å². The van der Waals surface area contributed by atoms with E-state index in [1.54, 1.807) is 0 Å². The molecule has 0 fully saturated rings. The van der Waals surface area contributed by atoms with Crippen molar-refractivity contribution in [1.82, 2.24) is 0 Å². The number of hydrogen-bond donors (Lipinski definition) is 0. The summed E-state index contributed by atoms with van der Waals surface area (Å²) >= 11 is 0. The number of rotatable bonds is 45. The molecule has 312 valence electrons. The molecule has 0 aromatic heterocycles. The Morgan fingerprint density at radius 2 is 0.596 bits per heavy atom. The van der Waals surface area contributed by atoms with E-state index in [4.69, 9.17) is 4.74 Å². The van der Waals surface area contributed by atoms with Gasteiger partial charge >= 0.3 is 5.97 Å². The van der Waals surface area contributed by atoms with Crippen LogP contribution in [-0.2, 0) is 9.53 Å². The van der Waals surface area contributed by atoms with E-state index in [9.17, 15) is 4.79 Å². The molecule has 0 spiro atoms. The first kappa shape index (κ1) is 51.5. The van der Waals surface area contributed by atoms with Crippen LogP contribution in [0.5, 0.6) is 0 Å². The topological polar surface area (TPSA) is 26.3 Å². The van der Waals surface area contributed by atoms with Crippen molar-refractivity contribution in [3.05, 3.63) is 0 Å². The number of hydrogen-bond acceptors (Lipinski definition) is 2. The minimum atomic E-state index is 0.0639. The third-order valence-corrected chi connectivity index (χ3v) is 11.8. The molecule has 2 heteroatoms. The summed E-state index contributed by atoms with van der Waals surface area (Å²) in [5.41, 5.74) is 0. The van der Waals surface area contributed by atoms with Gasteiger partial charge in [-0.1, -0.05) is 272 Å². The Bertz CT molecular complexity index is 657. The molecule has 0 radical (unpaired) electrons. The third kappa shape index (κ3) is 43.9. The molecule has 0 heterocycles. The van der Waals surface area contributed by atoms with E-state index in [0.29, 0.717) is 18.9 Å². The highest BCUT2D eigenvalue weighted by molar-refractivity contribution is 5.69. The molecule has 0 aromatic carbocycles. The molecule has 0 saturated heterocycles. The summed E-state index contributed by atoms with van der Waals surface area (Å²) in [5, 5.41) is 0. The Balaban J connectivity index is 4.03. The number of carbonyl (C=O) groups is 1. The average Bonchev–Trinajstić information content (AvgIpc) is 3.14. The van der Waals surface area contributed by atoms with Crippen LogP contribution >= 0.6 is 0 Å². The highest BCUT2D eigenvalue weighted by Gasteiger charge is 2.12. The van der Waals surface area contributed by atoms with Crippen molar-refractivity contribution >= 4 is 5.97 Å². The van der Waals surface area contributed by atoms with Gasteiger partial charge in [-0.2, -0.15) is 0 Å². The Morgan fingerprint density at radius 3 is 0.885 bits per heavy atom. The minimum Gasteiger partial charge on any atom is -0.465 e. The standard InChI is InChI=1S/C50H100O2/c1-5-7-9-11-13-15-17-19-20-25-29-33-37-41-45-49(44-40-36-32-28-24-18-16-14-12-10-8-6-2)47-52-50(51)46-42-38-34-30-26-22-21-23-27-31-35-39-43-48(3)4/h48-49H,5-47H2,1-4H3. The van der Waals surface area contributed by atoms with Crippen LogP contribution in [0.1, 0.15) is 297 Å². The second-order valence-electron chi connectivity index (χ2n) is 17.8. The zero-order valence-corrected chi connectivity index (χ0v) is 36.9. The number of ether oxygens (including phenoxy) is 1. The van der Waals surface area contributed by atoms with Crippen molar-refractivity contribution in [2.45, 2.75) is 297 Å². The molecule has 0 saturated carbocycles. The fraction of sp³-hybridized carbons (Fsp3) is 0.980. The van der Waals surface area contributed by atoms with Gasteiger partial charge in [-0.3, -0.25) is 4.79 Å². The summed E-state index contributed by atoms with van der Waals surface area (Å²) in [4.78, 5) is 12.6. The molecular formula is C50H100O2. The van der Waals surface area contributed by atoms with E-state index in [1.807, 2.05) is 0 Å². The van der Waals surface area contributed by atoms with Gasteiger partial charge in [0.05, 0.1) is 6.61 Å². The quantitative estimate of drug-likeness (QED) is 0.0460. The van der Waals surface area contributed by atoms with Crippen molar-refractivity contribution in [2.75, 3.05) is 6.61 Å². The third-order valence-electron chi connectivity index (χ3n) is 11.8. The smallest absolute Gasteiger partial charge is 0.305 e. The van der Waals surface area contributed by atoms with Crippen molar-refractivity contribution in [1.29, 1.82) is 0 Å². The van der Waals surface area contributed by atoms with Crippen LogP contribution < -0.4 is 0 Å². The van der Waals surface area contributed by atoms with Crippen LogP contribution in [0.4, 0.5) is 0 Å². The van der Waals surface area contributed by atoms with E-state index in [1.165, 1.54) is 257 Å². The van der Waals surface area contributed by atoms with E-state index in [2.05, 4.69) is 27.7 Å². The molecule has 52 heavy (non-hydrogen) atoms. The summed E-state index contributed by atoms with van der Waals surface area (Å²) in [6.07, 6.45) is 57.3. The number of unbranched alkanes of at least 4 members (excludes halogenated alkanes) is 35. The van der Waals surface area contributed by atoms with Gasteiger partial charge < -0.3 is 4.74 Å². The second-order valence-corrected chi connectivity index (χ2v) is 17.8. The molecule has 0 rings (SSSR count). The van der Waals surface area contributed by atoms with Crippen LogP contribution in [0.2, 0.25) is 0 Å². The van der Waals surface area contributed by atoms with Crippen molar-refractivity contribution < 1.29 is 9.53 Å². The SMILES string of the molecule is CCCCCCCCCCCCCCCCC(CCCCCCCCCCCCCC)COC(=O)CCCCCCCCCCCCCCC(C)C. The average molecular weight is 733 g/mol. The monoisotopic (exact) mass is 733 g/mol. The fourth-order valence-electron chi connectivity index (χ4n) is 8.09. The Morgan fingerprint density at radius 1 is 0.346 bits per heavy atom. The highest BCUT2D eigenvalue weighted by Crippen LogP contribution is 2.22. The zero-order chi connectivity index (χ0) is 37.8. The lowest BCUT2D eigenvalue weighted by atomic mass is 9.94. The molecule has 0 amide bonds. The van der Waals surface area contributed by atoms with Crippen LogP contribution in [0.3, 0.4) is 0 Å². The second kappa shape index (κ2) is 44.9. The summed E-state index contributed by atoms with van der Waals surface area (Å²) < 4.78 is 5.91. The van der Waals surface area contributed by atoms with Crippen LogP contribution in [0.15, 0.2) is 0 Å². The van der Waals surface area contributed by atoms with E-state index < -0.39 is 0 Å². The molecule has 0 bridgehead atoms. The Hall–Kier alpha value is -0.530. The first-order chi connectivity index (χ1) is 25.6. The molecule has 0 aliphatic heterocycles. The minimum absolute atomic E-state index is 0.0639. The van der Waals surface area contributed by atoms with Crippen LogP contribution in [-0.4, -0.2) is 12.6 Å². The van der Waals surface area contributed by atoms with Crippen molar-refractivity contribution in [2.24, 2.45) is 11.8 Å². The van der Waals surface area contributed by atoms with E-state index >= 15 is 0 Å². The normalized spacial score (nSPS) is 12.2. The summed E-state index contributed by atoms with van der Waals surface area (Å²) in [6, 6.07) is 0. The summed E-state index contributed by atoms with van der Waals surface area (Å²) in [6.45, 7) is 9.96. The molecule has 1 unspecified atom stereocenters. The lowest BCUT2D eigenvalue weighted by Gasteiger charge is -2.17. The first-order valence-electron chi connectivity index (χ1n) is 24.8. The lowest BCUT2D eigenvalue weighted by molar-refractivity contribution is -0.145. The van der Waals surface area contributed by atoms with Gasteiger partial charge in [0.2, 0.25) is 0 Å². The van der Waals surface area contributed by atoms with Crippen LogP contribution in [0.25, 0.3) is 0 Å². The summed E-state index contributed by atoms with van der Waals surface area (Å²) in [7, 11) is 0. The maximum absolute atomic E-state index is 12.6. The van der Waals surface area contributed by atoms with Gasteiger partial charge in [-0.05, 0) is 31.1 Å². The predicted octanol–water partition coefficient (Wildman–Crippen LogP) is 18.2. The predicted molar refractivity (Wildman–Crippen MR) is 235 cm³/mol. The lowest BCUT2D eigenvalue weighted by Crippen LogP contribution is -2.14. The van der Waals surface area contributed by atoms with Crippen LogP contribution in [0, 0.1) is 11.8 Å². The molecule has 0 N–H and O–H groups in total. The maximum atomic E-state index is 12.6. The molecule has 0 aliphatic rings. The Labute approximate surface area is 330 Å². The zero-order valence-electron chi connectivity index (χ0n) is 36.9. The van der Waals surface area contributed by atoms with E-state index in [0.717, 1.165) is 12.3 Å². The molecule has 0 aromatic rings. The van der Waals surface area contributed by atoms with E-state index in [-0.39, 0.29) is 5.97 Å². The first-order valence-corrected chi connectivity index (χ1v) is 24.8.